The van der Waals surface area contributed by atoms with E-state index in [9.17, 15) is 8.42 Å². The number of aryl methyl sites for hydroxylation is 1. The minimum Gasteiger partial charge on any atom is -0.312 e. The van der Waals surface area contributed by atoms with Crippen LogP contribution in [0.1, 0.15) is 64.4 Å². The lowest BCUT2D eigenvalue weighted by Gasteiger charge is -2.59. The lowest BCUT2D eigenvalue weighted by Crippen LogP contribution is -2.53. The summed E-state index contributed by atoms with van der Waals surface area (Å²) in [7, 11) is -3.59. The third-order valence-electron chi connectivity index (χ3n) is 9.44. The minimum atomic E-state index is -3.59. The summed E-state index contributed by atoms with van der Waals surface area (Å²) < 4.78 is 25.6. The molecule has 3 unspecified atom stereocenters. The first-order valence-corrected chi connectivity index (χ1v) is 13.4. The van der Waals surface area contributed by atoms with Crippen LogP contribution in [0.3, 0.4) is 0 Å². The maximum Gasteiger partial charge on any atom is 0.257 e. The SMILES string of the molecule is Cc1ccc(S(=O)(=O)NNC2=CCC3C4CC[C@H]5CC=CC[C@]5(C)C4CC[C@]23C)cc1. The number of sulfonamides is 1. The van der Waals surface area contributed by atoms with E-state index in [4.69, 9.17) is 0 Å². The van der Waals surface area contributed by atoms with Gasteiger partial charge in [-0.1, -0.05) is 49.8 Å². The van der Waals surface area contributed by atoms with Crippen molar-refractivity contribution in [2.24, 2.45) is 34.5 Å². The van der Waals surface area contributed by atoms with Crippen molar-refractivity contribution in [3.05, 3.63) is 53.8 Å². The summed E-state index contributed by atoms with van der Waals surface area (Å²) in [4.78, 5) is 2.96. The molecule has 6 atom stereocenters. The highest BCUT2D eigenvalue weighted by Crippen LogP contribution is 2.65. The van der Waals surface area contributed by atoms with E-state index in [-0.39, 0.29) is 5.41 Å². The van der Waals surface area contributed by atoms with Crippen molar-refractivity contribution in [2.45, 2.75) is 70.6 Å². The third-order valence-corrected chi connectivity index (χ3v) is 10.7. The van der Waals surface area contributed by atoms with E-state index in [2.05, 4.69) is 42.3 Å². The van der Waals surface area contributed by atoms with Crippen LogP contribution in [0.2, 0.25) is 0 Å². The maximum atomic E-state index is 12.8. The predicted molar refractivity (Wildman–Crippen MR) is 124 cm³/mol. The van der Waals surface area contributed by atoms with Crippen molar-refractivity contribution >= 4 is 10.0 Å². The van der Waals surface area contributed by atoms with Crippen LogP contribution in [0.25, 0.3) is 0 Å². The van der Waals surface area contributed by atoms with E-state index in [1.54, 1.807) is 12.1 Å². The fourth-order valence-corrected chi connectivity index (χ4v) is 8.35. The zero-order valence-corrected chi connectivity index (χ0v) is 19.8. The van der Waals surface area contributed by atoms with Crippen LogP contribution in [-0.2, 0) is 10.0 Å². The standard InChI is InChI=1S/C26H36N2O2S/c1-18-7-10-20(11-8-18)31(29,30)28-27-24-14-13-22-21-12-9-19-6-4-5-16-25(19,2)23(21)15-17-26(22,24)3/h4-5,7-8,10-11,14,19,21-23,27-28H,6,9,12-13,15-17H2,1-3H3/t19-,21?,22?,23?,25+,26+/m1/s1. The summed E-state index contributed by atoms with van der Waals surface area (Å²) >= 11 is 0. The summed E-state index contributed by atoms with van der Waals surface area (Å²) in [6.45, 7) is 6.87. The zero-order valence-electron chi connectivity index (χ0n) is 19.0. The quantitative estimate of drug-likeness (QED) is 0.481. The monoisotopic (exact) mass is 440 g/mol. The Bertz CT molecular complexity index is 1010. The minimum absolute atomic E-state index is 0.0324. The second-order valence-corrected chi connectivity index (χ2v) is 12.6. The molecule has 2 N–H and O–H groups in total. The number of hydrogen-bond acceptors (Lipinski definition) is 3. The van der Waals surface area contributed by atoms with Gasteiger partial charge in [0.1, 0.15) is 0 Å². The van der Waals surface area contributed by atoms with Crippen LogP contribution in [0.15, 0.2) is 53.1 Å². The van der Waals surface area contributed by atoms with E-state index < -0.39 is 10.0 Å². The van der Waals surface area contributed by atoms with Crippen molar-refractivity contribution in [3.63, 3.8) is 0 Å². The number of benzene rings is 1. The van der Waals surface area contributed by atoms with Crippen LogP contribution in [-0.4, -0.2) is 8.42 Å². The van der Waals surface area contributed by atoms with Gasteiger partial charge in [-0.15, -0.1) is 4.83 Å². The van der Waals surface area contributed by atoms with Gasteiger partial charge in [0.05, 0.1) is 4.90 Å². The second-order valence-electron chi connectivity index (χ2n) is 10.9. The molecule has 5 heteroatoms. The second kappa shape index (κ2) is 7.48. The van der Waals surface area contributed by atoms with E-state index in [0.717, 1.165) is 41.9 Å². The molecule has 0 amide bonds. The molecule has 168 valence electrons. The molecular weight excluding hydrogens is 404 g/mol. The van der Waals surface area contributed by atoms with Gasteiger partial charge in [-0.2, -0.15) is 0 Å². The fraction of sp³-hybridized carbons (Fsp3) is 0.615. The van der Waals surface area contributed by atoms with Gasteiger partial charge in [0.2, 0.25) is 0 Å². The molecule has 0 saturated heterocycles. The molecule has 0 spiro atoms. The summed E-state index contributed by atoms with van der Waals surface area (Å²) in [5, 5.41) is 0. The molecule has 4 aliphatic rings. The maximum absolute atomic E-state index is 12.8. The molecule has 31 heavy (non-hydrogen) atoms. The van der Waals surface area contributed by atoms with Gasteiger partial charge in [-0.25, -0.2) is 8.42 Å². The van der Waals surface area contributed by atoms with E-state index >= 15 is 0 Å². The Morgan fingerprint density at radius 1 is 0.968 bits per heavy atom. The molecule has 1 aromatic rings. The van der Waals surface area contributed by atoms with Crippen molar-refractivity contribution in [3.8, 4) is 0 Å². The zero-order chi connectivity index (χ0) is 21.9. The number of hydrazine groups is 1. The number of nitrogens with one attached hydrogen (secondary N) is 2. The molecule has 0 radical (unpaired) electrons. The average molecular weight is 441 g/mol. The molecule has 4 nitrogen and oxygen atoms in total. The van der Waals surface area contributed by atoms with Crippen LogP contribution in [0.5, 0.6) is 0 Å². The highest BCUT2D eigenvalue weighted by atomic mass is 32.2. The molecular formula is C26H36N2O2S. The highest BCUT2D eigenvalue weighted by molar-refractivity contribution is 7.89. The number of rotatable bonds is 4. The number of fused-ring (bicyclic) bond motifs is 5. The summed E-state index contributed by atoms with van der Waals surface area (Å²) in [5.74, 6) is 3.00. The lowest BCUT2D eigenvalue weighted by atomic mass is 9.46. The largest absolute Gasteiger partial charge is 0.312 e. The van der Waals surface area contributed by atoms with Crippen molar-refractivity contribution in [1.29, 1.82) is 0 Å². The van der Waals surface area contributed by atoms with Gasteiger partial charge < -0.3 is 5.43 Å². The van der Waals surface area contributed by atoms with Gasteiger partial charge in [0, 0.05) is 11.1 Å². The summed E-state index contributed by atoms with van der Waals surface area (Å²) in [5.41, 5.74) is 5.75. The van der Waals surface area contributed by atoms with Crippen molar-refractivity contribution in [2.75, 3.05) is 0 Å². The first-order chi connectivity index (χ1) is 14.7. The molecule has 0 heterocycles. The topological polar surface area (TPSA) is 58.2 Å². The Morgan fingerprint density at radius 2 is 1.74 bits per heavy atom. The Hall–Kier alpha value is -1.59. The smallest absolute Gasteiger partial charge is 0.257 e. The first-order valence-electron chi connectivity index (χ1n) is 11.9. The van der Waals surface area contributed by atoms with Crippen LogP contribution < -0.4 is 10.3 Å². The molecule has 0 aliphatic heterocycles. The van der Waals surface area contributed by atoms with Gasteiger partial charge in [0.25, 0.3) is 10.0 Å². The molecule has 4 aliphatic carbocycles. The van der Waals surface area contributed by atoms with Gasteiger partial charge in [0.15, 0.2) is 0 Å². The normalized spacial score (nSPS) is 39.3. The average Bonchev–Trinajstić information content (AvgIpc) is 3.08. The number of allylic oxidation sites excluding steroid dienone is 4. The van der Waals surface area contributed by atoms with Gasteiger partial charge >= 0.3 is 0 Å². The summed E-state index contributed by atoms with van der Waals surface area (Å²) in [6, 6.07) is 6.99. The molecule has 5 rings (SSSR count). The van der Waals surface area contributed by atoms with E-state index in [1.165, 1.54) is 32.1 Å². The highest BCUT2D eigenvalue weighted by Gasteiger charge is 2.57. The van der Waals surface area contributed by atoms with Crippen LogP contribution >= 0.6 is 0 Å². The molecule has 1 aromatic carbocycles. The summed E-state index contributed by atoms with van der Waals surface area (Å²) in [6.07, 6.45) is 15.7. The Labute approximate surface area is 187 Å². The van der Waals surface area contributed by atoms with Crippen molar-refractivity contribution < 1.29 is 8.42 Å². The Morgan fingerprint density at radius 3 is 2.52 bits per heavy atom. The fourth-order valence-electron chi connectivity index (χ4n) is 7.50. The molecule has 2 saturated carbocycles. The third kappa shape index (κ3) is 3.39. The van der Waals surface area contributed by atoms with Crippen molar-refractivity contribution in [1.82, 2.24) is 10.3 Å². The van der Waals surface area contributed by atoms with E-state index in [0.29, 0.717) is 16.2 Å². The number of hydrogen-bond donors (Lipinski definition) is 2. The van der Waals surface area contributed by atoms with Gasteiger partial charge in [-0.05, 0) is 93.1 Å². The first kappa shape index (κ1) is 21.3. The van der Waals surface area contributed by atoms with E-state index in [1.807, 2.05) is 19.1 Å². The Balaban J connectivity index is 1.31. The van der Waals surface area contributed by atoms with Crippen LogP contribution in [0, 0.1) is 41.4 Å². The molecule has 0 bridgehead atoms. The Kier molecular flexibility index (Phi) is 5.13. The lowest BCUT2D eigenvalue weighted by molar-refractivity contribution is -0.0834. The predicted octanol–water partition coefficient (Wildman–Crippen LogP) is 5.48. The van der Waals surface area contributed by atoms with Crippen LogP contribution in [0.4, 0.5) is 0 Å². The van der Waals surface area contributed by atoms with Gasteiger partial charge in [-0.3, -0.25) is 0 Å². The molecule has 2 fully saturated rings. The molecule has 0 aromatic heterocycles.